The van der Waals surface area contributed by atoms with Gasteiger partial charge in [-0.05, 0) is 38.5 Å². The van der Waals surface area contributed by atoms with E-state index < -0.39 is 0 Å². The summed E-state index contributed by atoms with van der Waals surface area (Å²) in [5.41, 5.74) is 9.75. The summed E-state index contributed by atoms with van der Waals surface area (Å²) in [5.74, 6) is -0.212. The van der Waals surface area contributed by atoms with Crippen molar-refractivity contribution in [3.63, 3.8) is 0 Å². The fourth-order valence-corrected chi connectivity index (χ4v) is 5.84. The van der Waals surface area contributed by atoms with Crippen molar-refractivity contribution in [3.8, 4) is 0 Å². The summed E-state index contributed by atoms with van der Waals surface area (Å²) in [4.78, 5) is 19.7. The molecule has 0 radical (unpaired) electrons. The largest absolute Gasteiger partial charge is 0.369 e. The topological polar surface area (TPSA) is 52.8 Å². The number of amides is 1. The Morgan fingerprint density at radius 3 is 1.65 bits per heavy atom. The quantitative estimate of drug-likeness (QED) is 0.920. The molecule has 1 aromatic heterocycles. The lowest BCUT2D eigenvalue weighted by molar-refractivity contribution is 0.100. The summed E-state index contributed by atoms with van der Waals surface area (Å²) in [7, 11) is 0.446. The van der Waals surface area contributed by atoms with Gasteiger partial charge in [0, 0.05) is 39.3 Å². The van der Waals surface area contributed by atoms with Crippen molar-refractivity contribution in [1.29, 1.82) is 0 Å². The summed E-state index contributed by atoms with van der Waals surface area (Å²) < 4.78 is 0. The maximum Gasteiger partial charge on any atom is 0.254 e. The molecule has 3 fully saturated rings. The van der Waals surface area contributed by atoms with Crippen LogP contribution < -0.4 is 20.4 Å². The zero-order chi connectivity index (χ0) is 15.8. The molecule has 23 heavy (non-hydrogen) atoms. The van der Waals surface area contributed by atoms with Gasteiger partial charge in [0.1, 0.15) is 0 Å². The number of hydrogen-bond donors (Lipinski definition) is 1. The minimum absolute atomic E-state index is 0.212. The second-order valence-corrected chi connectivity index (χ2v) is 8.22. The first kappa shape index (κ1) is 15.2. The van der Waals surface area contributed by atoms with Crippen molar-refractivity contribution >= 4 is 30.9 Å². The minimum atomic E-state index is -0.212. The number of primary amides is 1. The molecule has 126 valence electrons. The van der Waals surface area contributed by atoms with Crippen LogP contribution in [0.3, 0.4) is 0 Å². The van der Waals surface area contributed by atoms with Gasteiger partial charge < -0.3 is 20.4 Å². The van der Waals surface area contributed by atoms with Gasteiger partial charge in [0.05, 0.1) is 22.1 Å². The lowest BCUT2D eigenvalue weighted by Crippen LogP contribution is -2.27. The van der Waals surface area contributed by atoms with E-state index in [-0.39, 0.29) is 5.91 Å². The first-order valence-corrected chi connectivity index (χ1v) is 10.1. The summed E-state index contributed by atoms with van der Waals surface area (Å²) in [6.45, 7) is 6.67. The smallest absolute Gasteiger partial charge is 0.254 e. The van der Waals surface area contributed by atoms with E-state index in [1.807, 2.05) is 0 Å². The molecule has 3 aliphatic rings. The van der Waals surface area contributed by atoms with Crippen LogP contribution in [0, 0.1) is 0 Å². The third kappa shape index (κ3) is 2.69. The van der Waals surface area contributed by atoms with Crippen LogP contribution >= 0.6 is 8.19 Å². The fourth-order valence-electron chi connectivity index (χ4n) is 4.30. The molecule has 2 N–H and O–H groups in total. The van der Waals surface area contributed by atoms with Crippen LogP contribution in [0.4, 0.5) is 16.8 Å². The molecule has 3 aliphatic heterocycles. The van der Waals surface area contributed by atoms with Crippen molar-refractivity contribution in [2.75, 3.05) is 54.0 Å². The van der Waals surface area contributed by atoms with Crippen LogP contribution in [0.25, 0.3) is 0 Å². The van der Waals surface area contributed by atoms with Crippen LogP contribution in [0.2, 0.25) is 0 Å². The maximum absolute atomic E-state index is 12.2. The third-order valence-corrected chi connectivity index (χ3v) is 6.97. The van der Waals surface area contributed by atoms with Crippen LogP contribution in [0.15, 0.2) is 0 Å². The van der Waals surface area contributed by atoms with E-state index in [4.69, 9.17) is 5.73 Å². The van der Waals surface area contributed by atoms with Gasteiger partial charge in [-0.1, -0.05) is 8.19 Å². The second kappa shape index (κ2) is 6.27. The maximum atomic E-state index is 12.2. The normalized spacial score (nSPS) is 22.0. The van der Waals surface area contributed by atoms with Crippen molar-refractivity contribution in [1.82, 2.24) is 0 Å². The molecule has 0 spiro atoms. The molecule has 1 aromatic rings. The highest BCUT2D eigenvalue weighted by Gasteiger charge is 2.32. The van der Waals surface area contributed by atoms with E-state index >= 15 is 0 Å². The van der Waals surface area contributed by atoms with E-state index in [0.717, 1.165) is 44.6 Å². The summed E-state index contributed by atoms with van der Waals surface area (Å²) in [6, 6.07) is 0. The Morgan fingerprint density at radius 1 is 0.739 bits per heavy atom. The highest BCUT2D eigenvalue weighted by atomic mass is 31.0. The van der Waals surface area contributed by atoms with Gasteiger partial charge >= 0.3 is 0 Å². The molecule has 5 nitrogen and oxygen atoms in total. The molecule has 0 bridgehead atoms. The number of nitrogens with zero attached hydrogens (tertiary/aromatic N) is 3. The van der Waals surface area contributed by atoms with E-state index in [2.05, 4.69) is 14.7 Å². The zero-order valence-electron chi connectivity index (χ0n) is 13.8. The molecule has 3 saturated heterocycles. The Balaban J connectivity index is 1.83. The Bertz CT molecular complexity index is 582. The average Bonchev–Trinajstić information content (AvgIpc) is 3.31. The van der Waals surface area contributed by atoms with Gasteiger partial charge in [-0.15, -0.1) is 0 Å². The summed E-state index contributed by atoms with van der Waals surface area (Å²) >= 11 is 0. The predicted molar refractivity (Wildman–Crippen MR) is 98.8 cm³/mol. The van der Waals surface area contributed by atoms with Gasteiger partial charge in [0.25, 0.3) is 5.91 Å². The molecular formula is C17H27N4OP. The lowest BCUT2D eigenvalue weighted by Gasteiger charge is -2.29. The van der Waals surface area contributed by atoms with Crippen molar-refractivity contribution < 1.29 is 4.79 Å². The summed E-state index contributed by atoms with van der Waals surface area (Å²) in [5, 5.41) is 0.885. The van der Waals surface area contributed by atoms with Gasteiger partial charge in [-0.3, -0.25) is 4.79 Å². The third-order valence-electron chi connectivity index (χ3n) is 5.44. The molecule has 0 saturated carbocycles. The molecule has 6 heteroatoms. The molecule has 0 aromatic carbocycles. The molecule has 4 rings (SSSR count). The first-order chi connectivity index (χ1) is 11.3. The van der Waals surface area contributed by atoms with Gasteiger partial charge in [-0.2, -0.15) is 0 Å². The first-order valence-electron chi connectivity index (χ1n) is 9.06. The van der Waals surface area contributed by atoms with Crippen molar-refractivity contribution in [3.05, 3.63) is 5.30 Å². The molecule has 1 atom stereocenters. The number of rotatable bonds is 4. The van der Waals surface area contributed by atoms with E-state index in [1.54, 1.807) is 0 Å². The Labute approximate surface area is 139 Å². The van der Waals surface area contributed by atoms with E-state index in [9.17, 15) is 4.79 Å². The van der Waals surface area contributed by atoms with Gasteiger partial charge in [0.2, 0.25) is 0 Å². The number of carbonyl (C=O) groups is 1. The standard InChI is InChI=1S/C17H27N4OP/c18-16(22)15-13(19-7-1-2-8-19)14(20-9-3-4-10-20)17(23-15)21-11-5-6-12-21/h23H,1-12H2,(H2,18,22). The number of anilines is 3. The van der Waals surface area contributed by atoms with Gasteiger partial charge in [-0.25, -0.2) is 0 Å². The highest BCUT2D eigenvalue weighted by Crippen LogP contribution is 2.53. The van der Waals surface area contributed by atoms with Crippen molar-refractivity contribution in [2.45, 2.75) is 38.5 Å². The molecule has 1 unspecified atom stereocenters. The van der Waals surface area contributed by atoms with Crippen LogP contribution in [-0.2, 0) is 0 Å². The predicted octanol–water partition coefficient (Wildman–Crippen LogP) is 2.62. The zero-order valence-corrected chi connectivity index (χ0v) is 14.8. The molecule has 4 heterocycles. The van der Waals surface area contributed by atoms with Crippen LogP contribution in [0.1, 0.15) is 48.6 Å². The van der Waals surface area contributed by atoms with E-state index in [1.165, 1.54) is 55.3 Å². The number of hydrogen-bond acceptors (Lipinski definition) is 4. The summed E-state index contributed by atoms with van der Waals surface area (Å²) in [6.07, 6.45) is 7.52. The molecular weight excluding hydrogens is 307 g/mol. The second-order valence-electron chi connectivity index (χ2n) is 6.99. The van der Waals surface area contributed by atoms with Gasteiger partial charge in [0.15, 0.2) is 0 Å². The lowest BCUT2D eigenvalue weighted by atomic mass is 10.2. The van der Waals surface area contributed by atoms with E-state index in [0.29, 0.717) is 8.19 Å². The average molecular weight is 334 g/mol. The Kier molecular flexibility index (Phi) is 4.14. The van der Waals surface area contributed by atoms with Crippen LogP contribution in [0.5, 0.6) is 0 Å². The molecule has 1 amide bonds. The number of nitrogens with two attached hydrogens (primary N) is 1. The Hall–Kier alpha value is -1.35. The SMILES string of the molecule is NC(=O)c1[pH]c(N2CCCC2)c(N2CCCC2)c1N1CCCC1. The Morgan fingerprint density at radius 2 is 1.17 bits per heavy atom. The molecule has 0 aliphatic carbocycles. The minimum Gasteiger partial charge on any atom is -0.369 e. The van der Waals surface area contributed by atoms with Crippen molar-refractivity contribution in [2.24, 2.45) is 5.73 Å². The number of carbonyl (C=O) groups excluding carboxylic acids is 1. The monoisotopic (exact) mass is 334 g/mol. The fraction of sp³-hybridized carbons (Fsp3) is 0.706. The highest BCUT2D eigenvalue weighted by molar-refractivity contribution is 7.38. The van der Waals surface area contributed by atoms with Crippen LogP contribution in [-0.4, -0.2) is 45.2 Å².